The highest BCUT2D eigenvalue weighted by atomic mass is 127. The summed E-state index contributed by atoms with van der Waals surface area (Å²) in [6.45, 7) is 0.817. The van der Waals surface area contributed by atoms with Crippen LogP contribution in [0.25, 0.3) is 0 Å². The molecule has 1 aromatic rings. The van der Waals surface area contributed by atoms with Crippen LogP contribution < -0.4 is 0 Å². The van der Waals surface area contributed by atoms with E-state index >= 15 is 0 Å². The summed E-state index contributed by atoms with van der Waals surface area (Å²) in [5.74, 6) is 0. The molecular formula is C6H7IOS. The van der Waals surface area contributed by atoms with Crippen LogP contribution in [0.2, 0.25) is 0 Å². The van der Waals surface area contributed by atoms with Crippen molar-refractivity contribution < 1.29 is 3.07 Å². The second-order valence-corrected chi connectivity index (χ2v) is 3.10. The molecule has 0 saturated carbocycles. The largest absolute Gasteiger partial charge is 0.315 e. The maximum Gasteiger partial charge on any atom is 0.109 e. The zero-order valence-electron chi connectivity index (χ0n) is 4.84. The minimum absolute atomic E-state index is 0.817. The number of hydrogen-bond donors (Lipinski definition) is 0. The van der Waals surface area contributed by atoms with E-state index in [1.54, 1.807) is 11.3 Å². The maximum absolute atomic E-state index is 4.89. The van der Waals surface area contributed by atoms with Crippen molar-refractivity contribution in [3.8, 4) is 0 Å². The zero-order valence-corrected chi connectivity index (χ0v) is 7.81. The number of halogens is 1. The molecule has 1 aromatic heterocycles. The molecular weight excluding hydrogens is 247 g/mol. The van der Waals surface area contributed by atoms with Crippen molar-refractivity contribution in [3.05, 3.63) is 22.4 Å². The molecule has 0 spiro atoms. The first-order valence-electron chi connectivity index (χ1n) is 2.68. The fourth-order valence-corrected chi connectivity index (χ4v) is 1.51. The van der Waals surface area contributed by atoms with Gasteiger partial charge in [0.05, 0.1) is 6.61 Å². The van der Waals surface area contributed by atoms with Crippen molar-refractivity contribution in [2.45, 2.75) is 6.42 Å². The van der Waals surface area contributed by atoms with Gasteiger partial charge in [0.2, 0.25) is 0 Å². The molecule has 1 rings (SSSR count). The van der Waals surface area contributed by atoms with Crippen molar-refractivity contribution >= 4 is 34.3 Å². The van der Waals surface area contributed by atoms with Crippen LogP contribution in [-0.4, -0.2) is 6.61 Å². The molecule has 0 bridgehead atoms. The summed E-state index contributed by atoms with van der Waals surface area (Å²) in [4.78, 5) is 0. The van der Waals surface area contributed by atoms with Crippen molar-refractivity contribution in [3.63, 3.8) is 0 Å². The lowest BCUT2D eigenvalue weighted by Gasteiger charge is -1.90. The van der Waals surface area contributed by atoms with Crippen molar-refractivity contribution in [2.75, 3.05) is 6.61 Å². The van der Waals surface area contributed by atoms with Crippen molar-refractivity contribution in [2.24, 2.45) is 0 Å². The summed E-state index contributed by atoms with van der Waals surface area (Å²) in [5.41, 5.74) is 1.37. The standard InChI is InChI=1S/C6H7IOS/c7-8-3-1-6-2-4-9-5-6/h2,4-5H,1,3H2. The molecule has 0 aliphatic rings. The Kier molecular flexibility index (Phi) is 3.54. The first-order valence-corrected chi connectivity index (χ1v) is 4.50. The van der Waals surface area contributed by atoms with Crippen molar-refractivity contribution in [1.29, 1.82) is 0 Å². The summed E-state index contributed by atoms with van der Waals surface area (Å²) < 4.78 is 4.89. The van der Waals surface area contributed by atoms with Gasteiger partial charge in [-0.05, 0) is 28.8 Å². The number of thiophene rings is 1. The average Bonchev–Trinajstić information content (AvgIpc) is 2.34. The van der Waals surface area contributed by atoms with E-state index in [0.29, 0.717) is 0 Å². The Morgan fingerprint density at radius 3 is 3.11 bits per heavy atom. The fourth-order valence-electron chi connectivity index (χ4n) is 0.591. The first kappa shape index (κ1) is 7.50. The molecule has 0 N–H and O–H groups in total. The van der Waals surface area contributed by atoms with Crippen LogP contribution in [0.1, 0.15) is 5.56 Å². The van der Waals surface area contributed by atoms with Crippen LogP contribution in [0.3, 0.4) is 0 Å². The Morgan fingerprint density at radius 2 is 2.56 bits per heavy atom. The normalized spacial score (nSPS) is 9.89. The van der Waals surface area contributed by atoms with Crippen molar-refractivity contribution in [1.82, 2.24) is 0 Å². The molecule has 1 nitrogen and oxygen atoms in total. The summed E-state index contributed by atoms with van der Waals surface area (Å²) in [6.07, 6.45) is 1.03. The van der Waals surface area contributed by atoms with Gasteiger partial charge in [0.25, 0.3) is 0 Å². The first-order chi connectivity index (χ1) is 4.43. The van der Waals surface area contributed by atoms with Gasteiger partial charge in [-0.25, -0.2) is 0 Å². The molecule has 0 aliphatic heterocycles. The Balaban J connectivity index is 2.30. The minimum atomic E-state index is 0.817. The van der Waals surface area contributed by atoms with E-state index in [-0.39, 0.29) is 0 Å². The Labute approximate surface area is 72.7 Å². The lowest BCUT2D eigenvalue weighted by atomic mass is 10.3. The minimum Gasteiger partial charge on any atom is -0.315 e. The van der Waals surface area contributed by atoms with E-state index < -0.39 is 0 Å². The predicted octanol–water partition coefficient (Wildman–Crippen LogP) is 2.66. The Bertz CT molecular complexity index is 150. The summed E-state index contributed by atoms with van der Waals surface area (Å²) in [6, 6.07) is 2.13. The van der Waals surface area contributed by atoms with E-state index in [4.69, 9.17) is 3.07 Å². The fraction of sp³-hybridized carbons (Fsp3) is 0.333. The van der Waals surface area contributed by atoms with Gasteiger partial charge in [-0.15, -0.1) is 0 Å². The van der Waals surface area contributed by atoms with E-state index in [1.165, 1.54) is 5.56 Å². The van der Waals surface area contributed by atoms with Gasteiger partial charge in [-0.2, -0.15) is 11.3 Å². The molecule has 0 aliphatic carbocycles. The lowest BCUT2D eigenvalue weighted by Crippen LogP contribution is -1.87. The third-order valence-corrected chi connectivity index (χ3v) is 2.22. The highest BCUT2D eigenvalue weighted by molar-refractivity contribution is 14.1. The summed E-state index contributed by atoms with van der Waals surface area (Å²) in [7, 11) is 0. The second-order valence-electron chi connectivity index (χ2n) is 1.69. The summed E-state index contributed by atoms with van der Waals surface area (Å²) in [5, 5.41) is 4.23. The van der Waals surface area contributed by atoms with E-state index in [9.17, 15) is 0 Å². The van der Waals surface area contributed by atoms with Gasteiger partial charge < -0.3 is 3.07 Å². The van der Waals surface area contributed by atoms with Crippen LogP contribution in [0, 0.1) is 0 Å². The summed E-state index contributed by atoms with van der Waals surface area (Å²) >= 11 is 3.65. The molecule has 0 atom stereocenters. The van der Waals surface area contributed by atoms with Gasteiger partial charge >= 0.3 is 0 Å². The Hall–Kier alpha value is 0.390. The second kappa shape index (κ2) is 4.24. The maximum atomic E-state index is 4.89. The predicted molar refractivity (Wildman–Crippen MR) is 48.0 cm³/mol. The molecule has 50 valence electrons. The van der Waals surface area contributed by atoms with Gasteiger partial charge in [0.1, 0.15) is 23.0 Å². The SMILES string of the molecule is IOCCc1ccsc1. The smallest absolute Gasteiger partial charge is 0.109 e. The molecule has 0 fully saturated rings. The van der Waals surface area contributed by atoms with Gasteiger partial charge in [0, 0.05) is 0 Å². The molecule has 0 radical (unpaired) electrons. The highest BCUT2D eigenvalue weighted by Gasteiger charge is 1.90. The van der Waals surface area contributed by atoms with E-state index in [1.807, 2.05) is 23.0 Å². The van der Waals surface area contributed by atoms with Crippen LogP contribution in [0.5, 0.6) is 0 Å². The number of hydrogen-bond acceptors (Lipinski definition) is 2. The van der Waals surface area contributed by atoms with Gasteiger partial charge in [-0.1, -0.05) is 0 Å². The third-order valence-electron chi connectivity index (χ3n) is 1.05. The van der Waals surface area contributed by atoms with E-state index in [2.05, 4.69) is 16.8 Å². The van der Waals surface area contributed by atoms with Crippen LogP contribution >= 0.6 is 34.3 Å². The molecule has 1 heterocycles. The monoisotopic (exact) mass is 254 g/mol. The topological polar surface area (TPSA) is 9.23 Å². The molecule has 0 amide bonds. The van der Waals surface area contributed by atoms with Crippen LogP contribution in [0.4, 0.5) is 0 Å². The molecule has 0 saturated heterocycles. The molecule has 3 heteroatoms. The zero-order chi connectivity index (χ0) is 6.53. The average molecular weight is 254 g/mol. The Morgan fingerprint density at radius 1 is 1.67 bits per heavy atom. The van der Waals surface area contributed by atoms with Crippen LogP contribution in [-0.2, 0) is 9.49 Å². The molecule has 0 unspecified atom stereocenters. The highest BCUT2D eigenvalue weighted by Crippen LogP contribution is 2.06. The van der Waals surface area contributed by atoms with Crippen LogP contribution in [0.15, 0.2) is 16.8 Å². The van der Waals surface area contributed by atoms with Gasteiger partial charge in [0.15, 0.2) is 0 Å². The lowest BCUT2D eigenvalue weighted by molar-refractivity contribution is 0.432. The molecule has 9 heavy (non-hydrogen) atoms. The molecule has 0 aromatic carbocycles. The third kappa shape index (κ3) is 2.64. The number of rotatable bonds is 3. The quantitative estimate of drug-likeness (QED) is 0.753. The van der Waals surface area contributed by atoms with Gasteiger partial charge in [-0.3, -0.25) is 0 Å². The van der Waals surface area contributed by atoms with E-state index in [0.717, 1.165) is 13.0 Å².